The number of anilines is 1. The zero-order valence-corrected chi connectivity index (χ0v) is 16.4. The van der Waals surface area contributed by atoms with Gasteiger partial charge in [0, 0.05) is 16.8 Å². The monoisotopic (exact) mass is 388 g/mol. The lowest BCUT2D eigenvalue weighted by molar-refractivity contribution is 0.102. The van der Waals surface area contributed by atoms with Crippen molar-refractivity contribution >= 4 is 22.7 Å². The molecule has 146 valence electrons. The second-order valence-electron chi connectivity index (χ2n) is 6.59. The number of hydrogen-bond acceptors (Lipinski definition) is 5. The van der Waals surface area contributed by atoms with Gasteiger partial charge in [-0.1, -0.05) is 17.7 Å². The summed E-state index contributed by atoms with van der Waals surface area (Å²) in [5.74, 6) is 1.52. The van der Waals surface area contributed by atoms with E-state index in [0.29, 0.717) is 39.7 Å². The number of fused-ring (bicyclic) bond motifs is 1. The van der Waals surface area contributed by atoms with Gasteiger partial charge in [0.15, 0.2) is 17.1 Å². The predicted octanol–water partition coefficient (Wildman–Crippen LogP) is 5.07. The van der Waals surface area contributed by atoms with Gasteiger partial charge in [0.1, 0.15) is 5.52 Å². The zero-order chi connectivity index (χ0) is 20.4. The van der Waals surface area contributed by atoms with Crippen LogP contribution >= 0.6 is 0 Å². The second kappa shape index (κ2) is 7.67. The van der Waals surface area contributed by atoms with E-state index in [1.165, 1.54) is 0 Å². The first-order chi connectivity index (χ1) is 14.1. The molecule has 0 aliphatic carbocycles. The van der Waals surface area contributed by atoms with E-state index in [0.717, 1.165) is 11.1 Å². The minimum absolute atomic E-state index is 0.173. The third-order valence-corrected chi connectivity index (χ3v) is 4.59. The van der Waals surface area contributed by atoms with Crippen molar-refractivity contribution in [2.75, 3.05) is 19.5 Å². The Morgan fingerprint density at radius 3 is 2.41 bits per heavy atom. The first kappa shape index (κ1) is 18.6. The van der Waals surface area contributed by atoms with Gasteiger partial charge in [-0.15, -0.1) is 0 Å². The van der Waals surface area contributed by atoms with Crippen LogP contribution in [-0.2, 0) is 0 Å². The first-order valence-corrected chi connectivity index (χ1v) is 9.08. The van der Waals surface area contributed by atoms with E-state index in [2.05, 4.69) is 10.3 Å². The van der Waals surface area contributed by atoms with Gasteiger partial charge >= 0.3 is 0 Å². The van der Waals surface area contributed by atoms with Crippen LogP contribution in [0.5, 0.6) is 11.5 Å². The maximum atomic E-state index is 12.4. The Bertz CT molecular complexity index is 1180. The van der Waals surface area contributed by atoms with Crippen LogP contribution in [0.25, 0.3) is 22.6 Å². The van der Waals surface area contributed by atoms with Crippen molar-refractivity contribution in [1.29, 1.82) is 0 Å². The highest BCUT2D eigenvalue weighted by Crippen LogP contribution is 2.33. The lowest BCUT2D eigenvalue weighted by Gasteiger charge is -2.07. The molecule has 0 aliphatic heterocycles. The maximum Gasteiger partial charge on any atom is 0.255 e. The number of aromatic nitrogens is 1. The minimum Gasteiger partial charge on any atom is -0.493 e. The topological polar surface area (TPSA) is 73.6 Å². The molecule has 1 N–H and O–H groups in total. The van der Waals surface area contributed by atoms with Gasteiger partial charge in [0.25, 0.3) is 5.91 Å². The Hall–Kier alpha value is -3.80. The smallest absolute Gasteiger partial charge is 0.255 e. The van der Waals surface area contributed by atoms with Crippen molar-refractivity contribution in [3.63, 3.8) is 0 Å². The van der Waals surface area contributed by atoms with Gasteiger partial charge in [0.2, 0.25) is 5.89 Å². The summed E-state index contributed by atoms with van der Waals surface area (Å²) in [6.07, 6.45) is 0. The third kappa shape index (κ3) is 3.78. The van der Waals surface area contributed by atoms with Crippen molar-refractivity contribution in [3.05, 3.63) is 71.8 Å². The number of carbonyl (C=O) groups excluding carboxylic acids is 1. The summed E-state index contributed by atoms with van der Waals surface area (Å²) in [5.41, 5.74) is 4.40. The highest BCUT2D eigenvalue weighted by molar-refractivity contribution is 6.05. The molecule has 4 aromatic rings. The van der Waals surface area contributed by atoms with Crippen molar-refractivity contribution in [2.45, 2.75) is 6.92 Å². The van der Waals surface area contributed by atoms with Crippen LogP contribution in [0.2, 0.25) is 0 Å². The average molecular weight is 388 g/mol. The molecule has 4 rings (SSSR count). The van der Waals surface area contributed by atoms with E-state index in [4.69, 9.17) is 13.9 Å². The van der Waals surface area contributed by atoms with Crippen LogP contribution in [-0.4, -0.2) is 25.1 Å². The normalized spacial score (nSPS) is 10.7. The molecule has 0 saturated carbocycles. The van der Waals surface area contributed by atoms with E-state index in [-0.39, 0.29) is 5.91 Å². The van der Waals surface area contributed by atoms with Crippen molar-refractivity contribution < 1.29 is 18.7 Å². The van der Waals surface area contributed by atoms with Crippen LogP contribution in [0.3, 0.4) is 0 Å². The maximum absolute atomic E-state index is 12.4. The first-order valence-electron chi connectivity index (χ1n) is 9.08. The Balaban J connectivity index is 1.61. The molecule has 1 heterocycles. The molecule has 1 amide bonds. The molecule has 0 spiro atoms. The molecule has 29 heavy (non-hydrogen) atoms. The second-order valence-corrected chi connectivity index (χ2v) is 6.59. The van der Waals surface area contributed by atoms with Gasteiger partial charge in [-0.2, -0.15) is 0 Å². The molecule has 6 heteroatoms. The fourth-order valence-corrected chi connectivity index (χ4v) is 3.01. The summed E-state index contributed by atoms with van der Waals surface area (Å²) in [6, 6.07) is 18.2. The summed E-state index contributed by atoms with van der Waals surface area (Å²) in [7, 11) is 3.17. The quantitative estimate of drug-likeness (QED) is 0.516. The standard InChI is InChI=1S/C23H20N2O4/c1-14-4-6-15(7-5-14)22(26)24-17-9-11-19-18(13-17)25-23(29-19)16-8-10-20(27-2)21(12-16)28-3/h4-13H,1-3H3,(H,24,26). The van der Waals surface area contributed by atoms with Crippen LogP contribution in [0.15, 0.2) is 65.1 Å². The number of aryl methyl sites for hydroxylation is 1. The van der Waals surface area contributed by atoms with Gasteiger partial charge in [0.05, 0.1) is 14.2 Å². The molecule has 0 radical (unpaired) electrons. The van der Waals surface area contributed by atoms with Crippen LogP contribution in [0.1, 0.15) is 15.9 Å². The molecule has 0 fully saturated rings. The molecule has 0 saturated heterocycles. The number of nitrogens with zero attached hydrogens (tertiary/aromatic N) is 1. The van der Waals surface area contributed by atoms with Gasteiger partial charge in [-0.3, -0.25) is 4.79 Å². The molecular weight excluding hydrogens is 368 g/mol. The Labute approximate surface area is 168 Å². The van der Waals surface area contributed by atoms with E-state index >= 15 is 0 Å². The summed E-state index contributed by atoms with van der Waals surface area (Å²) in [4.78, 5) is 17.0. The van der Waals surface area contributed by atoms with Gasteiger partial charge < -0.3 is 19.2 Å². The largest absolute Gasteiger partial charge is 0.493 e. The third-order valence-electron chi connectivity index (χ3n) is 4.59. The van der Waals surface area contributed by atoms with Gasteiger partial charge in [-0.25, -0.2) is 4.98 Å². The molecule has 0 unspecified atom stereocenters. The fourth-order valence-electron chi connectivity index (χ4n) is 3.01. The van der Waals surface area contributed by atoms with Gasteiger partial charge in [-0.05, 0) is 55.5 Å². The molecule has 1 aromatic heterocycles. The number of nitrogens with one attached hydrogen (secondary N) is 1. The number of ether oxygens (including phenoxy) is 2. The summed E-state index contributed by atoms with van der Waals surface area (Å²) in [5, 5.41) is 2.90. The minimum atomic E-state index is -0.173. The number of hydrogen-bond donors (Lipinski definition) is 1. The fraction of sp³-hybridized carbons (Fsp3) is 0.130. The summed E-state index contributed by atoms with van der Waals surface area (Å²) < 4.78 is 16.5. The lowest BCUT2D eigenvalue weighted by Crippen LogP contribution is -2.11. The Kier molecular flexibility index (Phi) is 4.91. The number of oxazole rings is 1. The Morgan fingerprint density at radius 1 is 0.931 bits per heavy atom. The molecule has 0 bridgehead atoms. The molecule has 0 atom stereocenters. The molecule has 6 nitrogen and oxygen atoms in total. The van der Waals surface area contributed by atoms with E-state index in [9.17, 15) is 4.79 Å². The molecular formula is C23H20N2O4. The summed E-state index contributed by atoms with van der Waals surface area (Å²) in [6.45, 7) is 1.98. The summed E-state index contributed by atoms with van der Waals surface area (Å²) >= 11 is 0. The van der Waals surface area contributed by atoms with E-state index < -0.39 is 0 Å². The van der Waals surface area contributed by atoms with Crippen LogP contribution < -0.4 is 14.8 Å². The van der Waals surface area contributed by atoms with Crippen molar-refractivity contribution in [3.8, 4) is 23.0 Å². The predicted molar refractivity (Wildman–Crippen MR) is 112 cm³/mol. The molecule has 3 aromatic carbocycles. The number of carbonyl (C=O) groups is 1. The number of amides is 1. The van der Waals surface area contributed by atoms with Crippen molar-refractivity contribution in [1.82, 2.24) is 4.98 Å². The highest BCUT2D eigenvalue weighted by Gasteiger charge is 2.13. The van der Waals surface area contributed by atoms with Crippen LogP contribution in [0, 0.1) is 6.92 Å². The van der Waals surface area contributed by atoms with E-state index in [1.807, 2.05) is 31.2 Å². The van der Waals surface area contributed by atoms with Crippen LogP contribution in [0.4, 0.5) is 5.69 Å². The van der Waals surface area contributed by atoms with E-state index in [1.54, 1.807) is 50.6 Å². The Morgan fingerprint density at radius 2 is 1.69 bits per heavy atom. The number of methoxy groups -OCH3 is 2. The average Bonchev–Trinajstić information content (AvgIpc) is 3.17. The van der Waals surface area contributed by atoms with Crippen molar-refractivity contribution in [2.24, 2.45) is 0 Å². The SMILES string of the molecule is COc1ccc(-c2nc3cc(NC(=O)c4ccc(C)cc4)ccc3o2)cc1OC. The number of benzene rings is 3. The highest BCUT2D eigenvalue weighted by atomic mass is 16.5. The zero-order valence-electron chi connectivity index (χ0n) is 16.4. The molecule has 0 aliphatic rings. The lowest BCUT2D eigenvalue weighted by atomic mass is 10.1. The number of rotatable bonds is 5.